The number of benzene rings is 1. The Labute approximate surface area is 143 Å². The summed E-state index contributed by atoms with van der Waals surface area (Å²) in [6.07, 6.45) is 2.91. The normalized spacial score (nSPS) is 17.5. The number of fused-ring (bicyclic) bond motifs is 1. The molecule has 8 nitrogen and oxygen atoms in total. The lowest BCUT2D eigenvalue weighted by molar-refractivity contribution is -0.127. The van der Waals surface area contributed by atoms with Gasteiger partial charge in [-0.15, -0.1) is 0 Å². The first-order chi connectivity index (χ1) is 12.2. The maximum atomic E-state index is 12.6. The van der Waals surface area contributed by atoms with Crippen LogP contribution in [0.2, 0.25) is 0 Å². The molecule has 0 spiro atoms. The quantitative estimate of drug-likeness (QED) is 0.690. The van der Waals surface area contributed by atoms with Gasteiger partial charge in [0.25, 0.3) is 5.91 Å². The number of hydrogen-bond acceptors (Lipinski definition) is 5. The van der Waals surface area contributed by atoms with Gasteiger partial charge < -0.3 is 14.8 Å². The third kappa shape index (κ3) is 2.75. The molecule has 1 aliphatic rings. The Morgan fingerprint density at radius 2 is 2.12 bits per heavy atom. The number of H-pyrrole nitrogens is 1. The van der Waals surface area contributed by atoms with Crippen molar-refractivity contribution in [2.45, 2.75) is 32.4 Å². The van der Waals surface area contributed by atoms with Crippen molar-refractivity contribution in [2.75, 3.05) is 0 Å². The van der Waals surface area contributed by atoms with E-state index in [0.29, 0.717) is 24.6 Å². The van der Waals surface area contributed by atoms with E-state index in [-0.39, 0.29) is 12.5 Å². The van der Waals surface area contributed by atoms with E-state index in [4.69, 9.17) is 4.52 Å². The predicted molar refractivity (Wildman–Crippen MR) is 88.5 cm³/mol. The average molecular weight is 339 g/mol. The minimum Gasteiger partial charge on any atom is -0.361 e. The molecular weight excluding hydrogens is 322 g/mol. The van der Waals surface area contributed by atoms with E-state index in [1.807, 2.05) is 37.4 Å². The molecule has 0 radical (unpaired) electrons. The fourth-order valence-corrected chi connectivity index (χ4v) is 3.02. The summed E-state index contributed by atoms with van der Waals surface area (Å²) in [7, 11) is 0. The number of carbonyl (C=O) groups is 2. The number of imide groups is 1. The first kappa shape index (κ1) is 15.4. The van der Waals surface area contributed by atoms with Crippen LogP contribution in [0.4, 0.5) is 4.79 Å². The SMILES string of the molecule is CCc1nc(CN2C(=O)N[C@@H](Cc3c[nH]c4ccccc34)C2=O)no1. The molecule has 3 aromatic rings. The summed E-state index contributed by atoms with van der Waals surface area (Å²) >= 11 is 0. The smallest absolute Gasteiger partial charge is 0.325 e. The number of aromatic nitrogens is 3. The van der Waals surface area contributed by atoms with Crippen LogP contribution in [0.25, 0.3) is 10.9 Å². The van der Waals surface area contributed by atoms with E-state index in [2.05, 4.69) is 20.4 Å². The molecule has 1 aliphatic heterocycles. The number of nitrogens with zero attached hydrogens (tertiary/aromatic N) is 3. The van der Waals surface area contributed by atoms with Gasteiger partial charge in [0.05, 0.1) is 6.54 Å². The Morgan fingerprint density at radius 3 is 2.92 bits per heavy atom. The molecule has 3 heterocycles. The highest BCUT2D eigenvalue weighted by molar-refractivity contribution is 6.04. The number of carbonyl (C=O) groups excluding carboxylic acids is 2. The van der Waals surface area contributed by atoms with E-state index in [0.717, 1.165) is 21.4 Å². The van der Waals surface area contributed by atoms with Crippen LogP contribution < -0.4 is 5.32 Å². The Kier molecular flexibility index (Phi) is 3.72. The van der Waals surface area contributed by atoms with Crippen molar-refractivity contribution in [3.8, 4) is 0 Å². The summed E-state index contributed by atoms with van der Waals surface area (Å²) < 4.78 is 5.02. The predicted octanol–water partition coefficient (Wildman–Crippen LogP) is 1.78. The molecule has 1 fully saturated rings. The van der Waals surface area contributed by atoms with Crippen molar-refractivity contribution in [3.05, 3.63) is 47.7 Å². The molecule has 2 N–H and O–H groups in total. The number of amides is 3. The monoisotopic (exact) mass is 339 g/mol. The van der Waals surface area contributed by atoms with Crippen LogP contribution in [0, 0.1) is 0 Å². The number of urea groups is 1. The van der Waals surface area contributed by atoms with Gasteiger partial charge in [-0.3, -0.25) is 9.69 Å². The number of rotatable bonds is 5. The van der Waals surface area contributed by atoms with Gasteiger partial charge in [0.15, 0.2) is 5.82 Å². The zero-order chi connectivity index (χ0) is 17.4. The molecule has 2 aromatic heterocycles. The number of hydrogen-bond donors (Lipinski definition) is 2. The van der Waals surface area contributed by atoms with Crippen molar-refractivity contribution in [3.63, 3.8) is 0 Å². The average Bonchev–Trinajstić information content (AvgIpc) is 3.31. The number of para-hydroxylation sites is 1. The van der Waals surface area contributed by atoms with E-state index in [1.54, 1.807) is 0 Å². The second-order valence-corrected chi connectivity index (χ2v) is 5.95. The summed E-state index contributed by atoms with van der Waals surface area (Å²) in [4.78, 5) is 33.2. The molecule has 3 amide bonds. The summed E-state index contributed by atoms with van der Waals surface area (Å²) in [6.45, 7) is 1.90. The lowest BCUT2D eigenvalue weighted by atomic mass is 10.1. The molecule has 0 bridgehead atoms. The minimum atomic E-state index is -0.593. The molecule has 8 heteroatoms. The van der Waals surface area contributed by atoms with E-state index in [1.165, 1.54) is 0 Å². The zero-order valence-electron chi connectivity index (χ0n) is 13.7. The number of aryl methyl sites for hydroxylation is 1. The first-order valence-corrected chi connectivity index (χ1v) is 8.14. The molecule has 0 unspecified atom stereocenters. The topological polar surface area (TPSA) is 104 Å². The number of aromatic amines is 1. The van der Waals surface area contributed by atoms with Crippen molar-refractivity contribution in [1.82, 2.24) is 25.3 Å². The molecular formula is C17H17N5O3. The maximum Gasteiger partial charge on any atom is 0.325 e. The van der Waals surface area contributed by atoms with Gasteiger partial charge in [0, 0.05) is 29.9 Å². The molecule has 1 saturated heterocycles. The zero-order valence-corrected chi connectivity index (χ0v) is 13.7. The van der Waals surface area contributed by atoms with E-state index >= 15 is 0 Å². The minimum absolute atomic E-state index is 0.0125. The Morgan fingerprint density at radius 1 is 1.28 bits per heavy atom. The summed E-state index contributed by atoms with van der Waals surface area (Å²) in [5, 5.41) is 7.58. The van der Waals surface area contributed by atoms with Crippen LogP contribution >= 0.6 is 0 Å². The highest BCUT2D eigenvalue weighted by atomic mass is 16.5. The fourth-order valence-electron chi connectivity index (χ4n) is 3.02. The van der Waals surface area contributed by atoms with E-state index < -0.39 is 12.1 Å². The highest BCUT2D eigenvalue weighted by Gasteiger charge is 2.38. The van der Waals surface area contributed by atoms with Crippen molar-refractivity contribution in [1.29, 1.82) is 0 Å². The highest BCUT2D eigenvalue weighted by Crippen LogP contribution is 2.21. The van der Waals surface area contributed by atoms with Gasteiger partial charge in [-0.05, 0) is 11.6 Å². The summed E-state index contributed by atoms with van der Waals surface area (Å²) in [5.41, 5.74) is 1.99. The first-order valence-electron chi connectivity index (χ1n) is 8.14. The van der Waals surface area contributed by atoms with Crippen LogP contribution in [0.15, 0.2) is 35.0 Å². The lowest BCUT2D eigenvalue weighted by Crippen LogP contribution is -2.32. The number of nitrogens with one attached hydrogen (secondary N) is 2. The third-order valence-corrected chi connectivity index (χ3v) is 4.32. The molecule has 4 rings (SSSR count). The van der Waals surface area contributed by atoms with Gasteiger partial charge in [0.1, 0.15) is 6.04 Å². The van der Waals surface area contributed by atoms with Crippen LogP contribution in [-0.4, -0.2) is 38.0 Å². The molecule has 0 aliphatic carbocycles. The standard InChI is InChI=1S/C17H17N5O3/c1-2-15-20-14(21-25-15)9-22-16(23)13(19-17(22)24)7-10-8-18-12-6-4-3-5-11(10)12/h3-6,8,13,18H,2,7,9H2,1H3,(H,19,24)/t13-/m0/s1. The molecule has 1 atom stereocenters. The van der Waals surface area contributed by atoms with Crippen LogP contribution in [0.3, 0.4) is 0 Å². The van der Waals surface area contributed by atoms with Gasteiger partial charge in [-0.25, -0.2) is 4.79 Å². The maximum absolute atomic E-state index is 12.6. The second-order valence-electron chi connectivity index (χ2n) is 5.95. The summed E-state index contributed by atoms with van der Waals surface area (Å²) in [5.74, 6) is 0.531. The largest absolute Gasteiger partial charge is 0.361 e. The van der Waals surface area contributed by atoms with Gasteiger partial charge in [-0.2, -0.15) is 4.98 Å². The van der Waals surface area contributed by atoms with Crippen molar-refractivity contribution >= 4 is 22.8 Å². The van der Waals surface area contributed by atoms with Crippen LogP contribution in [0.1, 0.15) is 24.2 Å². The fraction of sp³-hybridized carbons (Fsp3) is 0.294. The third-order valence-electron chi connectivity index (χ3n) is 4.32. The molecule has 128 valence electrons. The van der Waals surface area contributed by atoms with Gasteiger partial charge in [0.2, 0.25) is 5.89 Å². The van der Waals surface area contributed by atoms with Gasteiger partial charge in [-0.1, -0.05) is 30.3 Å². The molecule has 0 saturated carbocycles. The van der Waals surface area contributed by atoms with Crippen LogP contribution in [-0.2, 0) is 24.2 Å². The Bertz CT molecular complexity index is 945. The lowest BCUT2D eigenvalue weighted by Gasteiger charge is -2.10. The second kappa shape index (κ2) is 6.04. The Hall–Kier alpha value is -3.16. The van der Waals surface area contributed by atoms with Crippen LogP contribution in [0.5, 0.6) is 0 Å². The molecule has 25 heavy (non-hydrogen) atoms. The van der Waals surface area contributed by atoms with E-state index in [9.17, 15) is 9.59 Å². The molecule has 1 aromatic carbocycles. The van der Waals surface area contributed by atoms with Crippen molar-refractivity contribution in [2.24, 2.45) is 0 Å². The Balaban J connectivity index is 1.50. The summed E-state index contributed by atoms with van der Waals surface area (Å²) in [6, 6.07) is 6.83. The van der Waals surface area contributed by atoms with Crippen molar-refractivity contribution < 1.29 is 14.1 Å². The van der Waals surface area contributed by atoms with Gasteiger partial charge >= 0.3 is 6.03 Å².